The number of halogens is 2. The van der Waals surface area contributed by atoms with Crippen LogP contribution in [0.1, 0.15) is 18.4 Å². The molecule has 3 N–H and O–H groups in total. The molecule has 1 aromatic rings. The summed E-state index contributed by atoms with van der Waals surface area (Å²) in [5.41, 5.74) is 7.12. The van der Waals surface area contributed by atoms with E-state index < -0.39 is 6.04 Å². The molecule has 2 heterocycles. The Hall–Kier alpha value is -0.670. The fourth-order valence-electron chi connectivity index (χ4n) is 3.98. The molecule has 6 nitrogen and oxygen atoms in total. The summed E-state index contributed by atoms with van der Waals surface area (Å²) in [5, 5.41) is 9.82. The molecule has 0 saturated carbocycles. The van der Waals surface area contributed by atoms with Gasteiger partial charge in [0.15, 0.2) is 0 Å². The number of carbonyl (C=O) groups is 1. The number of hydrogen-bond acceptors (Lipinski definition) is 5. The van der Waals surface area contributed by atoms with Gasteiger partial charge in [0.25, 0.3) is 0 Å². The molecule has 0 aromatic heterocycles. The lowest BCUT2D eigenvalue weighted by molar-refractivity contribution is -0.134. The summed E-state index contributed by atoms with van der Waals surface area (Å²) < 4.78 is 1.19. The summed E-state index contributed by atoms with van der Waals surface area (Å²) in [6.07, 6.45) is 2.88. The first-order valence-electron chi connectivity index (χ1n) is 9.49. The van der Waals surface area contributed by atoms with Gasteiger partial charge in [-0.25, -0.2) is 0 Å². The number of aromatic hydroxyl groups is 1. The normalized spacial score (nSPS) is 21.4. The highest BCUT2D eigenvalue weighted by Gasteiger charge is 2.30. The van der Waals surface area contributed by atoms with Gasteiger partial charge < -0.3 is 20.6 Å². The summed E-state index contributed by atoms with van der Waals surface area (Å²) in [5.74, 6) is 0.169. The minimum Gasteiger partial charge on any atom is -0.506 e. The molecule has 2 saturated heterocycles. The number of carbonyl (C=O) groups excluding carboxylic acids is 1. The van der Waals surface area contributed by atoms with Crippen LogP contribution < -0.4 is 5.73 Å². The maximum absolute atomic E-state index is 12.8. The van der Waals surface area contributed by atoms with Crippen LogP contribution in [0.25, 0.3) is 0 Å². The standard InChI is InChI=1S/C19H28Br2N4O2/c1-23-4-2-14(3-5-23)24-6-8-25(9-7-24)19(27)17(22)12-13-10-15(20)18(26)16(21)11-13/h10-11,14,17,26H,2-9,12,22H2,1H3/t17-/m0/s1. The predicted octanol–water partition coefficient (Wildman–Crippen LogP) is 2.03. The van der Waals surface area contributed by atoms with Gasteiger partial charge in [-0.1, -0.05) is 0 Å². The molecule has 8 heteroatoms. The summed E-state index contributed by atoms with van der Waals surface area (Å²) >= 11 is 6.65. The maximum atomic E-state index is 12.8. The van der Waals surface area contributed by atoms with E-state index in [9.17, 15) is 9.90 Å². The largest absolute Gasteiger partial charge is 0.506 e. The monoisotopic (exact) mass is 502 g/mol. The number of phenols is 1. The SMILES string of the molecule is CN1CCC(N2CCN(C(=O)[C@@H](N)Cc3cc(Br)c(O)c(Br)c3)CC2)CC1. The molecule has 0 unspecified atom stereocenters. The van der Waals surface area contributed by atoms with E-state index in [-0.39, 0.29) is 11.7 Å². The smallest absolute Gasteiger partial charge is 0.239 e. The number of phenolic OH excluding ortho intramolecular Hbond substituents is 1. The van der Waals surface area contributed by atoms with Crippen molar-refractivity contribution in [1.82, 2.24) is 14.7 Å². The van der Waals surface area contributed by atoms with E-state index in [1.807, 2.05) is 17.0 Å². The summed E-state index contributed by atoms with van der Waals surface area (Å²) in [6, 6.07) is 3.71. The van der Waals surface area contributed by atoms with E-state index in [1.165, 1.54) is 12.8 Å². The number of rotatable bonds is 4. The quantitative estimate of drug-likeness (QED) is 0.657. The lowest BCUT2D eigenvalue weighted by Gasteiger charge is -2.42. The Labute approximate surface area is 177 Å². The molecular formula is C19H28Br2N4O2. The highest BCUT2D eigenvalue weighted by molar-refractivity contribution is 9.11. The Balaban J connectivity index is 1.51. The van der Waals surface area contributed by atoms with E-state index in [4.69, 9.17) is 5.73 Å². The average Bonchev–Trinajstić information content (AvgIpc) is 2.66. The number of piperazine rings is 1. The van der Waals surface area contributed by atoms with Crippen molar-refractivity contribution in [3.05, 3.63) is 26.6 Å². The van der Waals surface area contributed by atoms with Crippen LogP contribution in [0.4, 0.5) is 0 Å². The zero-order valence-corrected chi connectivity index (χ0v) is 18.9. The third-order valence-electron chi connectivity index (χ3n) is 5.68. The van der Waals surface area contributed by atoms with Crippen molar-refractivity contribution in [3.63, 3.8) is 0 Å². The van der Waals surface area contributed by atoms with E-state index in [2.05, 4.69) is 48.7 Å². The van der Waals surface area contributed by atoms with Crippen molar-refractivity contribution < 1.29 is 9.90 Å². The number of benzene rings is 1. The van der Waals surface area contributed by atoms with E-state index in [0.717, 1.165) is 44.8 Å². The van der Waals surface area contributed by atoms with Gasteiger partial charge in [0.2, 0.25) is 5.91 Å². The highest BCUT2D eigenvalue weighted by atomic mass is 79.9. The molecule has 2 fully saturated rings. The second kappa shape index (κ2) is 9.22. The van der Waals surface area contributed by atoms with Crippen LogP contribution in [-0.2, 0) is 11.2 Å². The molecular weight excluding hydrogens is 476 g/mol. The maximum Gasteiger partial charge on any atom is 0.239 e. The van der Waals surface area contributed by atoms with Crippen molar-refractivity contribution in [1.29, 1.82) is 0 Å². The predicted molar refractivity (Wildman–Crippen MR) is 114 cm³/mol. The van der Waals surface area contributed by atoms with Crippen LogP contribution >= 0.6 is 31.9 Å². The van der Waals surface area contributed by atoms with Crippen LogP contribution in [0, 0.1) is 0 Å². The number of piperidine rings is 1. The number of amides is 1. The topological polar surface area (TPSA) is 73.0 Å². The Morgan fingerprint density at radius 1 is 1.15 bits per heavy atom. The van der Waals surface area contributed by atoms with Crippen molar-refractivity contribution in [2.24, 2.45) is 5.73 Å². The molecule has 3 rings (SSSR count). The highest BCUT2D eigenvalue weighted by Crippen LogP contribution is 2.33. The second-order valence-electron chi connectivity index (χ2n) is 7.61. The van der Waals surface area contributed by atoms with Gasteiger partial charge in [0, 0.05) is 32.2 Å². The Morgan fingerprint density at radius 2 is 1.70 bits per heavy atom. The summed E-state index contributed by atoms with van der Waals surface area (Å²) in [4.78, 5) is 19.6. The van der Waals surface area contributed by atoms with Crippen molar-refractivity contribution in [3.8, 4) is 5.75 Å². The lowest BCUT2D eigenvalue weighted by atomic mass is 10.0. The molecule has 27 heavy (non-hydrogen) atoms. The van der Waals surface area contributed by atoms with Gasteiger partial charge in [-0.3, -0.25) is 9.69 Å². The van der Waals surface area contributed by atoms with Crippen LogP contribution in [0.5, 0.6) is 5.75 Å². The minimum atomic E-state index is -0.566. The summed E-state index contributed by atoms with van der Waals surface area (Å²) in [7, 11) is 2.18. The summed E-state index contributed by atoms with van der Waals surface area (Å²) in [6.45, 7) is 5.69. The van der Waals surface area contributed by atoms with E-state index >= 15 is 0 Å². The number of nitrogens with two attached hydrogens (primary N) is 1. The molecule has 150 valence electrons. The van der Waals surface area contributed by atoms with E-state index in [1.54, 1.807) is 0 Å². The first-order valence-corrected chi connectivity index (χ1v) is 11.1. The van der Waals surface area contributed by atoms with Crippen LogP contribution in [0.15, 0.2) is 21.1 Å². The fraction of sp³-hybridized carbons (Fsp3) is 0.632. The molecule has 0 spiro atoms. The van der Waals surface area contributed by atoms with Crippen molar-refractivity contribution >= 4 is 37.8 Å². The number of likely N-dealkylation sites (tertiary alicyclic amines) is 1. The van der Waals surface area contributed by atoms with Crippen LogP contribution in [0.2, 0.25) is 0 Å². The van der Waals surface area contributed by atoms with Gasteiger partial charge in [0.1, 0.15) is 5.75 Å². The first-order chi connectivity index (χ1) is 12.8. The minimum absolute atomic E-state index is 0.0124. The molecule has 1 atom stereocenters. The first kappa shape index (κ1) is 21.0. The van der Waals surface area contributed by atoms with Crippen LogP contribution in [-0.4, -0.2) is 84.1 Å². The second-order valence-corrected chi connectivity index (χ2v) is 9.32. The molecule has 0 aliphatic carbocycles. The Morgan fingerprint density at radius 3 is 2.26 bits per heavy atom. The molecule has 0 bridgehead atoms. The van der Waals surface area contributed by atoms with Crippen molar-refractivity contribution in [2.45, 2.75) is 31.3 Å². The third kappa shape index (κ3) is 5.23. The fourth-order valence-corrected chi connectivity index (χ4v) is 5.26. The third-order valence-corrected chi connectivity index (χ3v) is 6.89. The zero-order chi connectivity index (χ0) is 19.6. The van der Waals surface area contributed by atoms with Gasteiger partial charge in [0.05, 0.1) is 15.0 Å². The Kier molecular flexibility index (Phi) is 7.19. The lowest BCUT2D eigenvalue weighted by Crippen LogP contribution is -2.56. The molecule has 2 aliphatic rings. The molecule has 0 radical (unpaired) electrons. The number of hydrogen-bond donors (Lipinski definition) is 2. The molecule has 1 aromatic carbocycles. The zero-order valence-electron chi connectivity index (χ0n) is 15.7. The molecule has 2 aliphatic heterocycles. The van der Waals surface area contributed by atoms with Gasteiger partial charge in [-0.05, 0) is 89.0 Å². The van der Waals surface area contributed by atoms with Crippen molar-refractivity contribution in [2.75, 3.05) is 46.3 Å². The van der Waals surface area contributed by atoms with Gasteiger partial charge >= 0.3 is 0 Å². The average molecular weight is 504 g/mol. The number of nitrogens with zero attached hydrogens (tertiary/aromatic N) is 3. The Bertz CT molecular complexity index is 649. The van der Waals surface area contributed by atoms with Crippen LogP contribution in [0.3, 0.4) is 0 Å². The van der Waals surface area contributed by atoms with Gasteiger partial charge in [-0.15, -0.1) is 0 Å². The molecule has 1 amide bonds. The van der Waals surface area contributed by atoms with Gasteiger partial charge in [-0.2, -0.15) is 0 Å². The van der Waals surface area contributed by atoms with E-state index in [0.29, 0.717) is 21.4 Å².